The first-order valence-electron chi connectivity index (χ1n) is 5.80. The molecule has 0 aliphatic rings. The Morgan fingerprint density at radius 1 is 1.11 bits per heavy atom. The summed E-state index contributed by atoms with van der Waals surface area (Å²) in [6.45, 7) is 0.557. The number of benzene rings is 2. The van der Waals surface area contributed by atoms with Gasteiger partial charge in [0, 0.05) is 11.3 Å². The van der Waals surface area contributed by atoms with Crippen LogP contribution in [0.2, 0.25) is 0 Å². The molecule has 2 N–H and O–H groups in total. The first kappa shape index (κ1) is 13.1. The Hall–Kier alpha value is -2.38. The van der Waals surface area contributed by atoms with Gasteiger partial charge in [0.25, 0.3) is 0 Å². The van der Waals surface area contributed by atoms with Crippen LogP contribution in [0, 0.1) is 17.1 Å². The monoisotopic (exact) mass is 256 g/mol. The van der Waals surface area contributed by atoms with Crippen molar-refractivity contribution >= 4 is 5.69 Å². The van der Waals surface area contributed by atoms with E-state index >= 15 is 0 Å². The number of nitrogen functional groups attached to an aromatic ring is 1. The van der Waals surface area contributed by atoms with Crippen molar-refractivity contribution in [2.45, 2.75) is 13.2 Å². The van der Waals surface area contributed by atoms with Crippen LogP contribution < -0.4 is 5.73 Å². The molecule has 2 aromatic rings. The third-order valence-corrected chi connectivity index (χ3v) is 2.69. The highest BCUT2D eigenvalue weighted by Crippen LogP contribution is 2.13. The number of ether oxygens (including phenoxy) is 1. The summed E-state index contributed by atoms with van der Waals surface area (Å²) in [6.07, 6.45) is 0. The van der Waals surface area contributed by atoms with Crippen molar-refractivity contribution in [2.24, 2.45) is 0 Å². The average Bonchev–Trinajstić information content (AvgIpc) is 2.42. The molecule has 0 aromatic heterocycles. The lowest BCUT2D eigenvalue weighted by Crippen LogP contribution is -1.97. The number of hydrogen-bond acceptors (Lipinski definition) is 3. The maximum atomic E-state index is 13.6. The second-order valence-electron chi connectivity index (χ2n) is 4.15. The van der Waals surface area contributed by atoms with E-state index in [1.165, 1.54) is 6.07 Å². The molecule has 0 heterocycles. The van der Waals surface area contributed by atoms with E-state index in [0.29, 0.717) is 23.4 Å². The lowest BCUT2D eigenvalue weighted by molar-refractivity contribution is 0.105. The number of nitrogens with two attached hydrogens (primary N) is 1. The molecule has 3 nitrogen and oxygen atoms in total. The highest BCUT2D eigenvalue weighted by Gasteiger charge is 2.04. The summed E-state index contributed by atoms with van der Waals surface area (Å²) in [4.78, 5) is 0. The Morgan fingerprint density at radius 2 is 1.84 bits per heavy atom. The molecule has 19 heavy (non-hydrogen) atoms. The molecule has 0 aliphatic heterocycles. The van der Waals surface area contributed by atoms with Crippen LogP contribution in [-0.4, -0.2) is 0 Å². The third-order valence-electron chi connectivity index (χ3n) is 2.69. The summed E-state index contributed by atoms with van der Waals surface area (Å²) < 4.78 is 19.0. The van der Waals surface area contributed by atoms with Gasteiger partial charge in [0.05, 0.1) is 24.8 Å². The molecule has 0 saturated carbocycles. The molecule has 0 atom stereocenters. The smallest absolute Gasteiger partial charge is 0.130 e. The summed E-state index contributed by atoms with van der Waals surface area (Å²) in [7, 11) is 0. The van der Waals surface area contributed by atoms with Gasteiger partial charge in [-0.15, -0.1) is 0 Å². The van der Waals surface area contributed by atoms with Crippen molar-refractivity contribution in [2.75, 3.05) is 5.73 Å². The molecule has 96 valence electrons. The summed E-state index contributed by atoms with van der Waals surface area (Å²) >= 11 is 0. The minimum absolute atomic E-state index is 0.169. The summed E-state index contributed by atoms with van der Waals surface area (Å²) in [6, 6.07) is 13.6. The van der Waals surface area contributed by atoms with E-state index < -0.39 is 5.82 Å². The summed E-state index contributed by atoms with van der Waals surface area (Å²) in [5, 5.41) is 8.64. The van der Waals surface area contributed by atoms with E-state index in [9.17, 15) is 4.39 Å². The number of hydrogen-bond donors (Lipinski definition) is 1. The lowest BCUT2D eigenvalue weighted by atomic mass is 10.1. The fourth-order valence-electron chi connectivity index (χ4n) is 1.63. The van der Waals surface area contributed by atoms with Crippen LogP contribution in [0.3, 0.4) is 0 Å². The summed E-state index contributed by atoms with van der Waals surface area (Å²) in [5.74, 6) is -0.420. The zero-order chi connectivity index (χ0) is 13.7. The number of rotatable bonds is 4. The van der Waals surface area contributed by atoms with Gasteiger partial charge in [0.1, 0.15) is 5.82 Å². The molecule has 0 unspecified atom stereocenters. The molecule has 4 heteroatoms. The fraction of sp³-hybridized carbons (Fsp3) is 0.133. The molecular formula is C15H13FN2O. The second-order valence-corrected chi connectivity index (χ2v) is 4.15. The number of halogens is 1. The predicted octanol–water partition coefficient (Wildman–Crippen LogP) is 3.00. The third kappa shape index (κ3) is 3.54. The maximum absolute atomic E-state index is 13.6. The molecule has 0 amide bonds. The Balaban J connectivity index is 1.92. The Bertz CT molecular complexity index is 603. The van der Waals surface area contributed by atoms with E-state index in [-0.39, 0.29) is 6.61 Å². The molecule has 0 spiro atoms. The Morgan fingerprint density at radius 3 is 2.47 bits per heavy atom. The first-order chi connectivity index (χ1) is 9.19. The van der Waals surface area contributed by atoms with Gasteiger partial charge in [0.15, 0.2) is 0 Å². The van der Waals surface area contributed by atoms with E-state index in [1.54, 1.807) is 24.3 Å². The van der Waals surface area contributed by atoms with Crippen molar-refractivity contribution in [3.8, 4) is 6.07 Å². The number of nitrogens with zero attached hydrogens (tertiary/aromatic N) is 1. The average molecular weight is 256 g/mol. The van der Waals surface area contributed by atoms with Crippen LogP contribution in [-0.2, 0) is 18.0 Å². The first-order valence-corrected chi connectivity index (χ1v) is 5.80. The largest absolute Gasteiger partial charge is 0.399 e. The van der Waals surface area contributed by atoms with Gasteiger partial charge in [0.2, 0.25) is 0 Å². The van der Waals surface area contributed by atoms with Gasteiger partial charge in [-0.2, -0.15) is 5.26 Å². The molecular weight excluding hydrogens is 243 g/mol. The van der Waals surface area contributed by atoms with E-state index in [4.69, 9.17) is 15.7 Å². The van der Waals surface area contributed by atoms with Crippen molar-refractivity contribution in [3.63, 3.8) is 0 Å². The Labute approximate surface area is 111 Å². The summed E-state index contributed by atoms with van der Waals surface area (Å²) in [5.41, 5.74) is 7.99. The maximum Gasteiger partial charge on any atom is 0.130 e. The van der Waals surface area contributed by atoms with Crippen LogP contribution in [0.15, 0.2) is 42.5 Å². The van der Waals surface area contributed by atoms with Gasteiger partial charge < -0.3 is 10.5 Å². The predicted molar refractivity (Wildman–Crippen MR) is 70.5 cm³/mol. The molecule has 0 bridgehead atoms. The van der Waals surface area contributed by atoms with Gasteiger partial charge >= 0.3 is 0 Å². The SMILES string of the molecule is N#Cc1ccc(COCc2ccc(N)cc2)c(F)c1. The van der Waals surface area contributed by atoms with Crippen LogP contribution >= 0.6 is 0 Å². The zero-order valence-electron chi connectivity index (χ0n) is 10.3. The highest BCUT2D eigenvalue weighted by atomic mass is 19.1. The molecule has 0 radical (unpaired) electrons. The molecule has 0 fully saturated rings. The van der Waals surface area contributed by atoms with Crippen LogP contribution in [0.1, 0.15) is 16.7 Å². The standard InChI is InChI=1S/C15H13FN2O/c16-15-7-12(8-17)1-4-13(15)10-19-9-11-2-5-14(18)6-3-11/h1-7H,9-10,18H2. The van der Waals surface area contributed by atoms with Crippen LogP contribution in [0.5, 0.6) is 0 Å². The van der Waals surface area contributed by atoms with Crippen molar-refractivity contribution in [3.05, 3.63) is 65.0 Å². The van der Waals surface area contributed by atoms with Gasteiger partial charge in [-0.1, -0.05) is 18.2 Å². The van der Waals surface area contributed by atoms with Gasteiger partial charge in [-0.3, -0.25) is 0 Å². The normalized spacial score (nSPS) is 10.1. The number of nitriles is 1. The highest BCUT2D eigenvalue weighted by molar-refractivity contribution is 5.39. The lowest BCUT2D eigenvalue weighted by Gasteiger charge is -2.06. The van der Waals surface area contributed by atoms with E-state index in [0.717, 1.165) is 5.56 Å². The zero-order valence-corrected chi connectivity index (χ0v) is 10.3. The fourth-order valence-corrected chi connectivity index (χ4v) is 1.63. The van der Waals surface area contributed by atoms with Gasteiger partial charge in [-0.05, 0) is 29.8 Å². The molecule has 2 aromatic carbocycles. The van der Waals surface area contributed by atoms with Gasteiger partial charge in [-0.25, -0.2) is 4.39 Å². The second kappa shape index (κ2) is 5.98. The van der Waals surface area contributed by atoms with E-state index in [2.05, 4.69) is 0 Å². The van der Waals surface area contributed by atoms with Crippen molar-refractivity contribution in [1.29, 1.82) is 5.26 Å². The quantitative estimate of drug-likeness (QED) is 0.855. The number of anilines is 1. The molecule has 2 rings (SSSR count). The minimum atomic E-state index is -0.420. The topological polar surface area (TPSA) is 59.0 Å². The minimum Gasteiger partial charge on any atom is -0.399 e. The molecule has 0 saturated heterocycles. The van der Waals surface area contributed by atoms with Crippen molar-refractivity contribution < 1.29 is 9.13 Å². The Kier molecular flexibility index (Phi) is 4.11. The van der Waals surface area contributed by atoms with E-state index in [1.807, 2.05) is 18.2 Å². The van der Waals surface area contributed by atoms with Crippen molar-refractivity contribution in [1.82, 2.24) is 0 Å². The van der Waals surface area contributed by atoms with Crippen LogP contribution in [0.4, 0.5) is 10.1 Å². The van der Waals surface area contributed by atoms with Crippen LogP contribution in [0.25, 0.3) is 0 Å². The molecule has 0 aliphatic carbocycles.